The van der Waals surface area contributed by atoms with Gasteiger partial charge in [-0.3, -0.25) is 0 Å². The van der Waals surface area contributed by atoms with Crippen LogP contribution in [0.1, 0.15) is 11.4 Å². The molecular formula is C17H19ClN2O. The highest BCUT2D eigenvalue weighted by Crippen LogP contribution is 2.18. The summed E-state index contributed by atoms with van der Waals surface area (Å²) in [6.45, 7) is 1.53. The molecule has 0 N–H and O–H groups in total. The predicted molar refractivity (Wildman–Crippen MR) is 88.1 cm³/mol. The lowest BCUT2D eigenvalue weighted by Crippen LogP contribution is -2.08. The normalized spacial score (nSPS) is 10.5. The van der Waals surface area contributed by atoms with Crippen molar-refractivity contribution in [2.24, 2.45) is 0 Å². The first-order valence-electron chi connectivity index (χ1n) is 6.85. The molecule has 3 nitrogen and oxygen atoms in total. The van der Waals surface area contributed by atoms with E-state index in [4.69, 9.17) is 9.72 Å². The average Bonchev–Trinajstić information content (AvgIpc) is 2.83. The van der Waals surface area contributed by atoms with E-state index in [9.17, 15) is 0 Å². The number of nitrogens with zero attached hydrogens (tertiary/aromatic N) is 2. The number of benzene rings is 2. The summed E-state index contributed by atoms with van der Waals surface area (Å²) < 4.78 is 7.48. The Labute approximate surface area is 131 Å². The monoisotopic (exact) mass is 302 g/mol. The van der Waals surface area contributed by atoms with Gasteiger partial charge in [0.2, 0.25) is 0 Å². The minimum atomic E-state index is 0. The highest BCUT2D eigenvalue weighted by atomic mass is 35.5. The molecule has 0 radical (unpaired) electrons. The summed E-state index contributed by atoms with van der Waals surface area (Å²) in [6, 6.07) is 18.7. The van der Waals surface area contributed by atoms with Gasteiger partial charge in [-0.05, 0) is 17.7 Å². The summed E-state index contributed by atoms with van der Waals surface area (Å²) in [5, 5.41) is 0. The second-order valence-corrected chi connectivity index (χ2v) is 4.82. The lowest BCUT2D eigenvalue weighted by Gasteiger charge is -2.08. The number of imidazole rings is 1. The molecule has 0 unspecified atom stereocenters. The molecule has 0 saturated heterocycles. The van der Waals surface area contributed by atoms with Crippen LogP contribution in [0.25, 0.3) is 11.0 Å². The van der Waals surface area contributed by atoms with Gasteiger partial charge in [0.1, 0.15) is 5.82 Å². The summed E-state index contributed by atoms with van der Waals surface area (Å²) in [5.41, 5.74) is 3.51. The third-order valence-corrected chi connectivity index (χ3v) is 3.46. The van der Waals surface area contributed by atoms with Crippen molar-refractivity contribution in [1.82, 2.24) is 9.55 Å². The summed E-state index contributed by atoms with van der Waals surface area (Å²) in [4.78, 5) is 4.77. The largest absolute Gasteiger partial charge is 0.383 e. The van der Waals surface area contributed by atoms with Crippen LogP contribution in [0.4, 0.5) is 0 Å². The molecule has 3 aromatic rings. The lowest BCUT2D eigenvalue weighted by molar-refractivity contribution is 0.187. The second kappa shape index (κ2) is 7.25. The van der Waals surface area contributed by atoms with E-state index in [0.717, 1.165) is 24.3 Å². The van der Waals surface area contributed by atoms with Crippen LogP contribution in [0.15, 0.2) is 54.6 Å². The Hall–Kier alpha value is -1.84. The zero-order chi connectivity index (χ0) is 13.8. The summed E-state index contributed by atoms with van der Waals surface area (Å²) in [5.74, 6) is 1.09. The number of halogens is 1. The van der Waals surface area contributed by atoms with Gasteiger partial charge < -0.3 is 9.30 Å². The Bertz CT molecular complexity index is 694. The van der Waals surface area contributed by atoms with Gasteiger partial charge in [0.05, 0.1) is 17.6 Å². The predicted octanol–water partition coefficient (Wildman–Crippen LogP) is 3.70. The highest BCUT2D eigenvalue weighted by Gasteiger charge is 2.10. The van der Waals surface area contributed by atoms with E-state index >= 15 is 0 Å². The molecule has 0 spiro atoms. The van der Waals surface area contributed by atoms with E-state index < -0.39 is 0 Å². The number of hydrogen-bond acceptors (Lipinski definition) is 2. The maximum atomic E-state index is 5.22. The molecule has 21 heavy (non-hydrogen) atoms. The van der Waals surface area contributed by atoms with E-state index in [-0.39, 0.29) is 12.4 Å². The van der Waals surface area contributed by atoms with Crippen molar-refractivity contribution in [3.8, 4) is 0 Å². The minimum absolute atomic E-state index is 0. The van der Waals surface area contributed by atoms with Crippen LogP contribution < -0.4 is 0 Å². The Morgan fingerprint density at radius 3 is 2.48 bits per heavy atom. The zero-order valence-electron chi connectivity index (χ0n) is 12.0. The summed E-state index contributed by atoms with van der Waals surface area (Å²) in [7, 11) is 1.73. The van der Waals surface area contributed by atoms with Crippen LogP contribution in [-0.2, 0) is 17.7 Å². The number of methoxy groups -OCH3 is 1. The first-order chi connectivity index (χ1) is 9.88. The first-order valence-corrected chi connectivity index (χ1v) is 6.85. The van der Waals surface area contributed by atoms with E-state index in [0.29, 0.717) is 6.61 Å². The van der Waals surface area contributed by atoms with Gasteiger partial charge in [-0.15, -0.1) is 12.4 Å². The van der Waals surface area contributed by atoms with Crippen molar-refractivity contribution in [2.75, 3.05) is 13.7 Å². The maximum Gasteiger partial charge on any atom is 0.114 e. The molecular weight excluding hydrogens is 284 g/mol. The van der Waals surface area contributed by atoms with Crippen LogP contribution in [0.3, 0.4) is 0 Å². The average molecular weight is 303 g/mol. The van der Waals surface area contributed by atoms with Gasteiger partial charge in [-0.1, -0.05) is 42.5 Å². The van der Waals surface area contributed by atoms with E-state index in [2.05, 4.69) is 47.0 Å². The van der Waals surface area contributed by atoms with Gasteiger partial charge in [0.15, 0.2) is 0 Å². The molecule has 110 valence electrons. The van der Waals surface area contributed by atoms with Crippen LogP contribution in [0, 0.1) is 0 Å². The van der Waals surface area contributed by atoms with Crippen molar-refractivity contribution in [2.45, 2.75) is 13.0 Å². The Morgan fingerprint density at radius 1 is 1.00 bits per heavy atom. The fourth-order valence-electron chi connectivity index (χ4n) is 2.47. The number of rotatable bonds is 5. The maximum absolute atomic E-state index is 5.22. The number of hydrogen-bond donors (Lipinski definition) is 0. The van der Waals surface area contributed by atoms with Crippen LogP contribution >= 0.6 is 12.4 Å². The van der Waals surface area contributed by atoms with E-state index in [1.165, 1.54) is 11.1 Å². The van der Waals surface area contributed by atoms with Gasteiger partial charge in [0.25, 0.3) is 0 Å². The molecule has 1 heterocycles. The fourth-order valence-corrected chi connectivity index (χ4v) is 2.47. The first kappa shape index (κ1) is 15.5. The Morgan fingerprint density at radius 2 is 1.71 bits per heavy atom. The van der Waals surface area contributed by atoms with Crippen molar-refractivity contribution < 1.29 is 4.74 Å². The third-order valence-electron chi connectivity index (χ3n) is 3.46. The van der Waals surface area contributed by atoms with Crippen molar-refractivity contribution in [1.29, 1.82) is 0 Å². The van der Waals surface area contributed by atoms with Crippen LogP contribution in [0.2, 0.25) is 0 Å². The molecule has 3 rings (SSSR count). The van der Waals surface area contributed by atoms with Crippen LogP contribution in [0.5, 0.6) is 0 Å². The number of para-hydroxylation sites is 2. The van der Waals surface area contributed by atoms with Gasteiger partial charge in [-0.25, -0.2) is 4.98 Å². The molecule has 0 amide bonds. The van der Waals surface area contributed by atoms with Crippen molar-refractivity contribution in [3.63, 3.8) is 0 Å². The van der Waals surface area contributed by atoms with E-state index in [1.807, 2.05) is 12.1 Å². The zero-order valence-corrected chi connectivity index (χ0v) is 12.8. The molecule has 0 saturated carbocycles. The van der Waals surface area contributed by atoms with Crippen LogP contribution in [-0.4, -0.2) is 23.3 Å². The van der Waals surface area contributed by atoms with E-state index in [1.54, 1.807) is 7.11 Å². The number of ether oxygens (including phenoxy) is 1. The summed E-state index contributed by atoms with van der Waals surface area (Å²) >= 11 is 0. The Balaban J connectivity index is 0.00000161. The third kappa shape index (κ3) is 3.43. The standard InChI is InChI=1S/C17H18N2O.ClH/c1-20-12-11-19-16-10-6-5-9-15(16)18-17(19)13-14-7-3-2-4-8-14;/h2-10H,11-13H2,1H3;1H. The Kier molecular flexibility index (Phi) is 5.37. The molecule has 0 fully saturated rings. The molecule has 0 aliphatic heterocycles. The SMILES string of the molecule is COCCn1c(Cc2ccccc2)nc2ccccc21.Cl. The lowest BCUT2D eigenvalue weighted by atomic mass is 10.1. The smallest absolute Gasteiger partial charge is 0.114 e. The topological polar surface area (TPSA) is 27.1 Å². The number of fused-ring (bicyclic) bond motifs is 1. The fraction of sp³-hybridized carbons (Fsp3) is 0.235. The number of aromatic nitrogens is 2. The highest BCUT2D eigenvalue weighted by molar-refractivity contribution is 5.85. The van der Waals surface area contributed by atoms with Crippen molar-refractivity contribution >= 4 is 23.4 Å². The van der Waals surface area contributed by atoms with Gasteiger partial charge in [0, 0.05) is 20.1 Å². The van der Waals surface area contributed by atoms with Gasteiger partial charge >= 0.3 is 0 Å². The molecule has 0 aliphatic rings. The quantitative estimate of drug-likeness (QED) is 0.718. The summed E-state index contributed by atoms with van der Waals surface area (Å²) in [6.07, 6.45) is 0.846. The molecule has 0 atom stereocenters. The molecule has 2 aromatic carbocycles. The van der Waals surface area contributed by atoms with Crippen molar-refractivity contribution in [3.05, 3.63) is 66.0 Å². The minimum Gasteiger partial charge on any atom is -0.383 e. The molecule has 4 heteroatoms. The second-order valence-electron chi connectivity index (χ2n) is 4.82. The molecule has 0 bridgehead atoms. The van der Waals surface area contributed by atoms with Gasteiger partial charge in [-0.2, -0.15) is 0 Å². The molecule has 1 aromatic heterocycles. The molecule has 0 aliphatic carbocycles.